The molecule has 0 spiro atoms. The highest BCUT2D eigenvalue weighted by atomic mass is 16.5. The van der Waals surface area contributed by atoms with E-state index in [0.29, 0.717) is 31.0 Å². The van der Waals surface area contributed by atoms with Crippen LogP contribution >= 0.6 is 0 Å². The number of hydrogen-bond acceptors (Lipinski definition) is 5. The Morgan fingerprint density at radius 2 is 2.05 bits per heavy atom. The number of carbonyl (C=O) groups excluding carboxylic acids is 1. The number of ether oxygens (including phenoxy) is 2. The van der Waals surface area contributed by atoms with E-state index in [-0.39, 0.29) is 5.91 Å². The second-order valence-corrected chi connectivity index (χ2v) is 5.12. The van der Waals surface area contributed by atoms with E-state index in [4.69, 9.17) is 9.47 Å². The molecule has 0 atom stereocenters. The molecule has 1 aliphatic heterocycles. The molecule has 0 saturated carbocycles. The number of methoxy groups -OCH3 is 2. The zero-order chi connectivity index (χ0) is 15.5. The highest BCUT2D eigenvalue weighted by Crippen LogP contribution is 2.28. The fraction of sp³-hybridized carbons (Fsp3) is 0.400. The van der Waals surface area contributed by atoms with Crippen molar-refractivity contribution in [2.24, 2.45) is 0 Å². The minimum absolute atomic E-state index is 0.0708. The fourth-order valence-corrected chi connectivity index (χ4v) is 2.56. The first-order chi connectivity index (χ1) is 10.7. The third-order valence-electron chi connectivity index (χ3n) is 3.79. The molecular formula is C15H18N4O3. The topological polar surface area (TPSA) is 69.5 Å². The van der Waals surface area contributed by atoms with Crippen LogP contribution in [0.2, 0.25) is 0 Å². The van der Waals surface area contributed by atoms with Crippen molar-refractivity contribution in [1.82, 2.24) is 19.7 Å². The number of carbonyl (C=O) groups is 1. The van der Waals surface area contributed by atoms with Crippen molar-refractivity contribution in [3.63, 3.8) is 0 Å². The van der Waals surface area contributed by atoms with Crippen LogP contribution in [0.5, 0.6) is 11.5 Å². The van der Waals surface area contributed by atoms with E-state index in [1.54, 1.807) is 25.4 Å². The highest BCUT2D eigenvalue weighted by molar-refractivity contribution is 5.79. The van der Waals surface area contributed by atoms with Crippen LogP contribution < -0.4 is 9.47 Å². The van der Waals surface area contributed by atoms with Gasteiger partial charge in [0.2, 0.25) is 5.91 Å². The lowest BCUT2D eigenvalue weighted by Gasteiger charge is -2.27. The van der Waals surface area contributed by atoms with Crippen LogP contribution in [-0.2, 0) is 24.3 Å². The molecule has 0 fully saturated rings. The Labute approximate surface area is 128 Å². The van der Waals surface area contributed by atoms with Gasteiger partial charge in [-0.15, -0.1) is 10.2 Å². The SMILES string of the molecule is COc1ccc(CC(=O)N2CCn3cnnc3C2)cc1OC. The monoisotopic (exact) mass is 302 g/mol. The van der Waals surface area contributed by atoms with E-state index in [9.17, 15) is 4.79 Å². The molecular weight excluding hydrogens is 284 g/mol. The van der Waals surface area contributed by atoms with Crippen molar-refractivity contribution in [2.45, 2.75) is 19.5 Å². The van der Waals surface area contributed by atoms with Crippen LogP contribution in [0.1, 0.15) is 11.4 Å². The largest absolute Gasteiger partial charge is 0.493 e. The van der Waals surface area contributed by atoms with Crippen molar-refractivity contribution in [3.05, 3.63) is 35.9 Å². The van der Waals surface area contributed by atoms with Gasteiger partial charge in [-0.3, -0.25) is 4.79 Å². The first kappa shape index (κ1) is 14.4. The standard InChI is InChI=1S/C15H18N4O3/c1-21-12-4-3-11(7-13(12)22-2)8-15(20)18-5-6-19-10-16-17-14(19)9-18/h3-4,7,10H,5-6,8-9H2,1-2H3. The van der Waals surface area contributed by atoms with Crippen LogP contribution in [0, 0.1) is 0 Å². The van der Waals surface area contributed by atoms with Crippen LogP contribution in [-0.4, -0.2) is 46.3 Å². The first-order valence-electron chi connectivity index (χ1n) is 7.06. The van der Waals surface area contributed by atoms with Gasteiger partial charge in [-0.05, 0) is 17.7 Å². The van der Waals surface area contributed by atoms with Gasteiger partial charge < -0.3 is 18.9 Å². The van der Waals surface area contributed by atoms with Gasteiger partial charge in [-0.1, -0.05) is 6.07 Å². The van der Waals surface area contributed by atoms with E-state index in [1.807, 2.05) is 22.8 Å². The molecule has 0 saturated heterocycles. The van der Waals surface area contributed by atoms with E-state index < -0.39 is 0 Å². The summed E-state index contributed by atoms with van der Waals surface area (Å²) in [4.78, 5) is 14.3. The minimum Gasteiger partial charge on any atom is -0.493 e. The summed E-state index contributed by atoms with van der Waals surface area (Å²) in [6.07, 6.45) is 2.03. The Hall–Kier alpha value is -2.57. The second kappa shape index (κ2) is 6.05. The number of fused-ring (bicyclic) bond motifs is 1. The predicted octanol–water partition coefficient (Wildman–Crippen LogP) is 0.880. The molecule has 0 unspecified atom stereocenters. The van der Waals surface area contributed by atoms with Gasteiger partial charge in [0.25, 0.3) is 0 Å². The Morgan fingerprint density at radius 1 is 1.23 bits per heavy atom. The third-order valence-corrected chi connectivity index (χ3v) is 3.79. The molecule has 1 amide bonds. The highest BCUT2D eigenvalue weighted by Gasteiger charge is 2.22. The van der Waals surface area contributed by atoms with Gasteiger partial charge in [0, 0.05) is 13.1 Å². The molecule has 2 aromatic rings. The summed E-state index contributed by atoms with van der Waals surface area (Å²) in [6, 6.07) is 5.53. The molecule has 1 aromatic heterocycles. The molecule has 0 bridgehead atoms. The van der Waals surface area contributed by atoms with Crippen LogP contribution in [0.3, 0.4) is 0 Å². The maximum absolute atomic E-state index is 12.4. The minimum atomic E-state index is 0.0708. The Bertz CT molecular complexity index is 683. The molecule has 7 nitrogen and oxygen atoms in total. The van der Waals surface area contributed by atoms with Crippen LogP contribution in [0.25, 0.3) is 0 Å². The van der Waals surface area contributed by atoms with Crippen molar-refractivity contribution in [1.29, 1.82) is 0 Å². The Balaban J connectivity index is 1.70. The number of aromatic nitrogens is 3. The summed E-state index contributed by atoms with van der Waals surface area (Å²) in [5.74, 6) is 2.18. The van der Waals surface area contributed by atoms with Crippen LogP contribution in [0.15, 0.2) is 24.5 Å². The van der Waals surface area contributed by atoms with Gasteiger partial charge in [0.05, 0.1) is 27.2 Å². The number of nitrogens with zero attached hydrogens (tertiary/aromatic N) is 4. The average molecular weight is 302 g/mol. The quantitative estimate of drug-likeness (QED) is 0.838. The Kier molecular flexibility index (Phi) is 3.95. The van der Waals surface area contributed by atoms with Gasteiger partial charge in [0.15, 0.2) is 17.3 Å². The van der Waals surface area contributed by atoms with Gasteiger partial charge in [-0.25, -0.2) is 0 Å². The molecule has 1 aromatic carbocycles. The number of benzene rings is 1. The smallest absolute Gasteiger partial charge is 0.227 e. The van der Waals surface area contributed by atoms with E-state index in [0.717, 1.165) is 17.9 Å². The summed E-state index contributed by atoms with van der Waals surface area (Å²) in [5, 5.41) is 7.90. The molecule has 7 heteroatoms. The van der Waals surface area contributed by atoms with Crippen molar-refractivity contribution in [3.8, 4) is 11.5 Å². The second-order valence-electron chi connectivity index (χ2n) is 5.12. The van der Waals surface area contributed by atoms with Gasteiger partial charge >= 0.3 is 0 Å². The lowest BCUT2D eigenvalue weighted by molar-refractivity contribution is -0.132. The Morgan fingerprint density at radius 3 is 2.82 bits per heavy atom. The lowest BCUT2D eigenvalue weighted by Crippen LogP contribution is -2.39. The number of hydrogen-bond donors (Lipinski definition) is 0. The van der Waals surface area contributed by atoms with E-state index in [1.165, 1.54) is 0 Å². The summed E-state index contributed by atoms with van der Waals surface area (Å²) < 4.78 is 12.4. The molecule has 3 rings (SSSR count). The molecule has 2 heterocycles. The lowest BCUT2D eigenvalue weighted by atomic mass is 10.1. The zero-order valence-corrected chi connectivity index (χ0v) is 12.7. The fourth-order valence-electron chi connectivity index (χ4n) is 2.56. The van der Waals surface area contributed by atoms with Crippen molar-refractivity contribution >= 4 is 5.91 Å². The molecule has 0 radical (unpaired) electrons. The van der Waals surface area contributed by atoms with E-state index >= 15 is 0 Å². The van der Waals surface area contributed by atoms with Crippen molar-refractivity contribution < 1.29 is 14.3 Å². The van der Waals surface area contributed by atoms with Crippen molar-refractivity contribution in [2.75, 3.05) is 20.8 Å². The van der Waals surface area contributed by atoms with E-state index in [2.05, 4.69) is 10.2 Å². The molecule has 0 aliphatic carbocycles. The summed E-state index contributed by atoms with van der Waals surface area (Å²) in [6.45, 7) is 1.92. The normalized spacial score (nSPS) is 13.6. The number of rotatable bonds is 4. The molecule has 116 valence electrons. The van der Waals surface area contributed by atoms with Crippen LogP contribution in [0.4, 0.5) is 0 Å². The maximum Gasteiger partial charge on any atom is 0.227 e. The van der Waals surface area contributed by atoms with Gasteiger partial charge in [0.1, 0.15) is 6.33 Å². The first-order valence-corrected chi connectivity index (χ1v) is 7.06. The average Bonchev–Trinajstić information content (AvgIpc) is 3.02. The third kappa shape index (κ3) is 2.74. The van der Waals surface area contributed by atoms with Gasteiger partial charge in [-0.2, -0.15) is 0 Å². The summed E-state index contributed by atoms with van der Waals surface area (Å²) in [5.41, 5.74) is 0.898. The predicted molar refractivity (Wildman–Crippen MR) is 78.7 cm³/mol. The zero-order valence-electron chi connectivity index (χ0n) is 12.7. The molecule has 22 heavy (non-hydrogen) atoms. The summed E-state index contributed by atoms with van der Waals surface area (Å²) >= 11 is 0. The number of amides is 1. The summed E-state index contributed by atoms with van der Waals surface area (Å²) in [7, 11) is 3.17. The molecule has 1 aliphatic rings. The molecule has 0 N–H and O–H groups in total. The maximum atomic E-state index is 12.4.